The molecule has 2 aromatic carbocycles. The molecule has 3 aromatic rings. The predicted octanol–water partition coefficient (Wildman–Crippen LogP) is 4.75. The summed E-state index contributed by atoms with van der Waals surface area (Å²) in [7, 11) is 0. The van der Waals surface area contributed by atoms with Crippen LogP contribution >= 0.6 is 0 Å². The van der Waals surface area contributed by atoms with Crippen molar-refractivity contribution in [3.8, 4) is 17.2 Å². The number of hydrogen-bond acceptors (Lipinski definition) is 5. The number of aromatic nitrogens is 2. The monoisotopic (exact) mass is 379 g/mol. The normalized spacial score (nSPS) is 12.5. The lowest BCUT2D eigenvalue weighted by Crippen LogP contribution is -2.30. The molecule has 6 heteroatoms. The quantitative estimate of drug-likeness (QED) is 0.692. The van der Waals surface area contributed by atoms with E-state index in [9.17, 15) is 4.79 Å². The topological polar surface area (TPSA) is 77.3 Å². The van der Waals surface area contributed by atoms with Gasteiger partial charge in [0.1, 0.15) is 5.75 Å². The number of nitrogens with one attached hydrogen (secondary N) is 1. The number of ether oxygens (including phenoxy) is 1. The average molecular weight is 379 g/mol. The number of rotatable bonds is 5. The Balaban J connectivity index is 1.68. The number of benzene rings is 2. The zero-order chi connectivity index (χ0) is 20.3. The van der Waals surface area contributed by atoms with Gasteiger partial charge in [0.2, 0.25) is 12.3 Å². The third kappa shape index (κ3) is 4.57. The molecule has 1 atom stereocenters. The molecule has 3 rings (SSSR count). The van der Waals surface area contributed by atoms with Crippen LogP contribution in [-0.2, 0) is 10.2 Å². The van der Waals surface area contributed by atoms with Gasteiger partial charge in [-0.2, -0.15) is 0 Å². The van der Waals surface area contributed by atoms with Crippen molar-refractivity contribution in [3.05, 3.63) is 60.0 Å². The lowest BCUT2D eigenvalue weighted by molar-refractivity contribution is -0.122. The Morgan fingerprint density at radius 2 is 1.86 bits per heavy atom. The Kier molecular flexibility index (Phi) is 5.49. The van der Waals surface area contributed by atoms with E-state index in [-0.39, 0.29) is 11.3 Å². The van der Waals surface area contributed by atoms with Crippen LogP contribution in [-0.4, -0.2) is 22.2 Å². The summed E-state index contributed by atoms with van der Waals surface area (Å²) in [4.78, 5) is 12.6. The highest BCUT2D eigenvalue weighted by atomic mass is 16.5. The maximum atomic E-state index is 12.6. The zero-order valence-corrected chi connectivity index (χ0v) is 16.8. The molecule has 0 bridgehead atoms. The van der Waals surface area contributed by atoms with E-state index in [1.807, 2.05) is 49.4 Å². The molecule has 6 nitrogen and oxygen atoms in total. The molecule has 0 aliphatic rings. The van der Waals surface area contributed by atoms with Crippen molar-refractivity contribution in [2.75, 3.05) is 5.32 Å². The smallest absolute Gasteiger partial charge is 0.265 e. The summed E-state index contributed by atoms with van der Waals surface area (Å²) in [5.74, 6) is 0.830. The van der Waals surface area contributed by atoms with Crippen molar-refractivity contribution >= 4 is 11.6 Å². The van der Waals surface area contributed by atoms with E-state index in [1.165, 1.54) is 12.0 Å². The second-order valence-corrected chi connectivity index (χ2v) is 7.80. The van der Waals surface area contributed by atoms with Crippen LogP contribution < -0.4 is 10.1 Å². The summed E-state index contributed by atoms with van der Waals surface area (Å²) in [5, 5.41) is 10.5. The number of nitrogens with zero attached hydrogens (tertiary/aromatic N) is 2. The minimum Gasteiger partial charge on any atom is -0.481 e. The first-order chi connectivity index (χ1) is 13.2. The number of carbonyl (C=O) groups is 1. The summed E-state index contributed by atoms with van der Waals surface area (Å²) in [6.45, 7) is 10.1. The SMILES string of the molecule is Cc1ccc(-c2nnco2)cc1NC(=O)C(C)Oc1ccc(C(C)(C)C)cc1. The van der Waals surface area contributed by atoms with Gasteiger partial charge in [-0.25, -0.2) is 0 Å². The number of aryl methyl sites for hydroxylation is 1. The van der Waals surface area contributed by atoms with Crippen molar-refractivity contribution in [1.29, 1.82) is 0 Å². The van der Waals surface area contributed by atoms with E-state index in [1.54, 1.807) is 6.92 Å². The highest BCUT2D eigenvalue weighted by Crippen LogP contribution is 2.26. The van der Waals surface area contributed by atoms with Gasteiger partial charge in [0, 0.05) is 11.3 Å². The zero-order valence-electron chi connectivity index (χ0n) is 16.8. The fourth-order valence-corrected chi connectivity index (χ4v) is 2.71. The molecule has 1 unspecified atom stereocenters. The lowest BCUT2D eigenvalue weighted by Gasteiger charge is -2.20. The molecule has 0 saturated carbocycles. The number of hydrogen-bond donors (Lipinski definition) is 1. The number of carbonyl (C=O) groups excluding carboxylic acids is 1. The van der Waals surface area contributed by atoms with E-state index >= 15 is 0 Å². The Morgan fingerprint density at radius 1 is 1.14 bits per heavy atom. The molecular formula is C22H25N3O3. The molecule has 1 heterocycles. The highest BCUT2D eigenvalue weighted by Gasteiger charge is 2.18. The minimum atomic E-state index is -0.646. The van der Waals surface area contributed by atoms with E-state index < -0.39 is 6.10 Å². The van der Waals surface area contributed by atoms with Gasteiger partial charge >= 0.3 is 0 Å². The molecule has 0 aliphatic heterocycles. The first kappa shape index (κ1) is 19.6. The molecule has 0 fully saturated rings. The highest BCUT2D eigenvalue weighted by molar-refractivity contribution is 5.95. The van der Waals surface area contributed by atoms with Gasteiger partial charge in [-0.3, -0.25) is 4.79 Å². The predicted molar refractivity (Wildman–Crippen MR) is 108 cm³/mol. The summed E-state index contributed by atoms with van der Waals surface area (Å²) >= 11 is 0. The van der Waals surface area contributed by atoms with Crippen molar-refractivity contribution in [2.45, 2.75) is 46.1 Å². The van der Waals surface area contributed by atoms with Crippen molar-refractivity contribution in [2.24, 2.45) is 0 Å². The van der Waals surface area contributed by atoms with E-state index in [0.717, 1.165) is 11.1 Å². The minimum absolute atomic E-state index is 0.0719. The molecule has 1 amide bonds. The summed E-state index contributed by atoms with van der Waals surface area (Å²) in [6, 6.07) is 13.4. The van der Waals surface area contributed by atoms with E-state index in [2.05, 4.69) is 36.3 Å². The van der Waals surface area contributed by atoms with Crippen molar-refractivity contribution in [3.63, 3.8) is 0 Å². The maximum absolute atomic E-state index is 12.6. The Morgan fingerprint density at radius 3 is 2.46 bits per heavy atom. The molecule has 1 N–H and O–H groups in total. The largest absolute Gasteiger partial charge is 0.481 e. The second-order valence-electron chi connectivity index (χ2n) is 7.80. The Bertz CT molecular complexity index is 942. The van der Waals surface area contributed by atoms with Gasteiger partial charge in [0.15, 0.2) is 6.10 Å². The van der Waals surface area contributed by atoms with Crippen LogP contribution in [0.4, 0.5) is 5.69 Å². The molecular weight excluding hydrogens is 354 g/mol. The maximum Gasteiger partial charge on any atom is 0.265 e. The number of amides is 1. The van der Waals surface area contributed by atoms with E-state index in [4.69, 9.17) is 9.15 Å². The summed E-state index contributed by atoms with van der Waals surface area (Å²) in [5.41, 5.74) is 3.63. The van der Waals surface area contributed by atoms with Gasteiger partial charge in [-0.15, -0.1) is 10.2 Å². The van der Waals surface area contributed by atoms with Gasteiger partial charge < -0.3 is 14.5 Å². The Labute approximate surface area is 164 Å². The van der Waals surface area contributed by atoms with Gasteiger partial charge in [0.05, 0.1) is 0 Å². The molecule has 1 aromatic heterocycles. The number of anilines is 1. The third-order valence-corrected chi connectivity index (χ3v) is 4.50. The molecule has 0 saturated heterocycles. The van der Waals surface area contributed by atoms with E-state index in [0.29, 0.717) is 17.3 Å². The third-order valence-electron chi connectivity index (χ3n) is 4.50. The standard InChI is InChI=1S/C22H25N3O3/c1-14-6-7-16(21-25-23-13-27-21)12-19(14)24-20(26)15(2)28-18-10-8-17(9-11-18)22(3,4)5/h6-13,15H,1-5H3,(H,24,26). The van der Waals surface area contributed by atoms with Crippen LogP contribution in [0.1, 0.15) is 38.8 Å². The van der Waals surface area contributed by atoms with Gasteiger partial charge in [-0.05, 0) is 54.7 Å². The van der Waals surface area contributed by atoms with Crippen LogP contribution in [0.3, 0.4) is 0 Å². The van der Waals surface area contributed by atoms with Crippen LogP contribution in [0.25, 0.3) is 11.5 Å². The Hall–Kier alpha value is -3.15. The molecule has 28 heavy (non-hydrogen) atoms. The molecule has 0 radical (unpaired) electrons. The lowest BCUT2D eigenvalue weighted by atomic mass is 9.87. The van der Waals surface area contributed by atoms with Crippen LogP contribution in [0.5, 0.6) is 5.75 Å². The summed E-state index contributed by atoms with van der Waals surface area (Å²) in [6.07, 6.45) is 0.626. The van der Waals surface area contributed by atoms with Crippen molar-refractivity contribution < 1.29 is 13.9 Å². The van der Waals surface area contributed by atoms with Crippen LogP contribution in [0, 0.1) is 6.92 Å². The molecule has 146 valence electrons. The van der Waals surface area contributed by atoms with Gasteiger partial charge in [-0.1, -0.05) is 39.0 Å². The average Bonchev–Trinajstić information content (AvgIpc) is 3.18. The van der Waals surface area contributed by atoms with Crippen molar-refractivity contribution in [1.82, 2.24) is 10.2 Å². The fourth-order valence-electron chi connectivity index (χ4n) is 2.71. The second kappa shape index (κ2) is 7.84. The van der Waals surface area contributed by atoms with Crippen LogP contribution in [0.15, 0.2) is 53.3 Å². The fraction of sp³-hybridized carbons (Fsp3) is 0.318. The van der Waals surface area contributed by atoms with Gasteiger partial charge in [0.25, 0.3) is 5.91 Å². The summed E-state index contributed by atoms with van der Waals surface area (Å²) < 4.78 is 11.0. The first-order valence-electron chi connectivity index (χ1n) is 9.19. The van der Waals surface area contributed by atoms with Crippen LogP contribution in [0.2, 0.25) is 0 Å². The molecule has 0 aliphatic carbocycles. The molecule has 0 spiro atoms. The first-order valence-corrected chi connectivity index (χ1v) is 9.19.